The molecular formula is C75H120O6. The summed E-state index contributed by atoms with van der Waals surface area (Å²) in [5.41, 5.74) is 0. The molecule has 0 N–H and O–H groups in total. The van der Waals surface area contributed by atoms with Gasteiger partial charge in [0.1, 0.15) is 13.2 Å². The van der Waals surface area contributed by atoms with Crippen LogP contribution >= 0.6 is 0 Å². The zero-order valence-electron chi connectivity index (χ0n) is 52.2. The fourth-order valence-electron chi connectivity index (χ4n) is 8.62. The van der Waals surface area contributed by atoms with Gasteiger partial charge in [0.15, 0.2) is 6.10 Å². The van der Waals surface area contributed by atoms with Crippen LogP contribution in [-0.2, 0) is 28.6 Å². The molecule has 0 fully saturated rings. The second-order valence-corrected chi connectivity index (χ2v) is 21.3. The van der Waals surface area contributed by atoms with E-state index in [-0.39, 0.29) is 31.1 Å². The van der Waals surface area contributed by atoms with Crippen LogP contribution in [0, 0.1) is 0 Å². The number of carbonyl (C=O) groups excluding carboxylic acids is 3. The molecule has 0 aromatic rings. The normalized spacial score (nSPS) is 13.2. The van der Waals surface area contributed by atoms with E-state index in [4.69, 9.17) is 14.2 Å². The lowest BCUT2D eigenvalue weighted by atomic mass is 10.1. The van der Waals surface area contributed by atoms with E-state index in [1.54, 1.807) is 0 Å². The first kappa shape index (κ1) is 76.0. The van der Waals surface area contributed by atoms with Crippen LogP contribution in [0.5, 0.6) is 0 Å². The standard InChI is InChI=1S/C75H120O6/c1-4-7-10-13-16-19-22-25-28-30-31-32-33-34-35-36-37-38-39-40-41-42-43-45-47-50-53-56-59-62-65-68-74(77)80-71-72(70-79-73(76)67-64-61-58-55-52-49-46-27-24-21-18-15-12-9-6-3)81-75(78)69-66-63-60-57-54-51-48-44-29-26-23-20-17-14-11-8-5-2/h7,9-10,12,16,18-19,21,25-29,31-32,34-35,37-38,40-41,43,45-46,52,55,72H,4-6,8,11,13-15,17,20,22-24,30,33,36,39,42,44,47-51,53-54,56-71H2,1-3H3/b10-7-,12-9-,19-16-,21-18-,28-25-,29-26-,32-31-,35-34-,38-37-,41-40-,45-43-,46-27-,55-52-. The van der Waals surface area contributed by atoms with Crippen molar-refractivity contribution in [1.82, 2.24) is 0 Å². The number of rotatable bonds is 58. The van der Waals surface area contributed by atoms with Crippen molar-refractivity contribution in [2.75, 3.05) is 13.2 Å². The molecule has 0 saturated heterocycles. The fourth-order valence-corrected chi connectivity index (χ4v) is 8.62. The van der Waals surface area contributed by atoms with E-state index in [0.717, 1.165) is 141 Å². The van der Waals surface area contributed by atoms with Gasteiger partial charge in [0.25, 0.3) is 0 Å². The van der Waals surface area contributed by atoms with Gasteiger partial charge < -0.3 is 14.2 Å². The Balaban J connectivity index is 4.41. The summed E-state index contributed by atoms with van der Waals surface area (Å²) in [6, 6.07) is 0. The summed E-state index contributed by atoms with van der Waals surface area (Å²) >= 11 is 0. The molecule has 6 heteroatoms. The Kier molecular flexibility index (Phi) is 63.4. The SMILES string of the molecule is CC/C=C\C/C=C\C/C=C\C/C=C\C/C=C\C/C=C\C/C=C\C/C=C\CCCCCCCCC(=O)OCC(COC(=O)CCCC/C=C\C/C=C\C/C=C\C/C=C\CC)OC(=O)CCCCCCCCC/C=C\CCCCCCCC. The van der Waals surface area contributed by atoms with Gasteiger partial charge in [-0.2, -0.15) is 0 Å². The monoisotopic (exact) mass is 1120 g/mol. The van der Waals surface area contributed by atoms with Gasteiger partial charge in [0, 0.05) is 19.3 Å². The van der Waals surface area contributed by atoms with Crippen LogP contribution in [0.1, 0.15) is 278 Å². The highest BCUT2D eigenvalue weighted by molar-refractivity contribution is 5.71. The molecule has 0 aromatic carbocycles. The smallest absolute Gasteiger partial charge is 0.306 e. The number of hydrogen-bond acceptors (Lipinski definition) is 6. The molecule has 0 aromatic heterocycles. The van der Waals surface area contributed by atoms with Gasteiger partial charge >= 0.3 is 17.9 Å². The lowest BCUT2D eigenvalue weighted by molar-refractivity contribution is -0.167. The summed E-state index contributed by atoms with van der Waals surface area (Å²) in [4.78, 5) is 38.3. The van der Waals surface area contributed by atoms with E-state index < -0.39 is 6.10 Å². The molecule has 0 aliphatic heterocycles. The maximum absolute atomic E-state index is 12.9. The van der Waals surface area contributed by atoms with Crippen molar-refractivity contribution in [2.45, 2.75) is 284 Å². The molecule has 0 spiro atoms. The predicted molar refractivity (Wildman–Crippen MR) is 352 cm³/mol. The van der Waals surface area contributed by atoms with E-state index >= 15 is 0 Å². The van der Waals surface area contributed by atoms with Gasteiger partial charge in [-0.05, 0) is 148 Å². The van der Waals surface area contributed by atoms with Crippen LogP contribution in [-0.4, -0.2) is 37.2 Å². The Hall–Kier alpha value is -4.97. The molecule has 0 aliphatic rings. The minimum atomic E-state index is -0.812. The van der Waals surface area contributed by atoms with Crippen LogP contribution in [0.4, 0.5) is 0 Å². The maximum atomic E-state index is 12.9. The topological polar surface area (TPSA) is 78.9 Å². The highest BCUT2D eigenvalue weighted by atomic mass is 16.6. The summed E-state index contributed by atoms with van der Waals surface area (Å²) in [5, 5.41) is 0. The van der Waals surface area contributed by atoms with Gasteiger partial charge in [0.2, 0.25) is 0 Å². The highest BCUT2D eigenvalue weighted by Gasteiger charge is 2.19. The van der Waals surface area contributed by atoms with Crippen molar-refractivity contribution in [3.8, 4) is 0 Å². The maximum Gasteiger partial charge on any atom is 0.306 e. The van der Waals surface area contributed by atoms with Crippen LogP contribution in [0.15, 0.2) is 158 Å². The first-order valence-corrected chi connectivity index (χ1v) is 33.0. The number of esters is 3. The molecule has 0 bridgehead atoms. The van der Waals surface area contributed by atoms with Crippen molar-refractivity contribution in [2.24, 2.45) is 0 Å². The number of carbonyl (C=O) groups is 3. The van der Waals surface area contributed by atoms with Crippen LogP contribution in [0.2, 0.25) is 0 Å². The lowest BCUT2D eigenvalue weighted by Gasteiger charge is -2.18. The van der Waals surface area contributed by atoms with E-state index in [2.05, 4.69) is 179 Å². The number of unbranched alkanes of at least 4 members (excludes halogenated alkanes) is 21. The molecular weight excluding hydrogens is 997 g/mol. The molecule has 0 rings (SSSR count). The van der Waals surface area contributed by atoms with Gasteiger partial charge in [-0.15, -0.1) is 0 Å². The van der Waals surface area contributed by atoms with Crippen molar-refractivity contribution in [1.29, 1.82) is 0 Å². The second-order valence-electron chi connectivity index (χ2n) is 21.3. The average molecular weight is 1120 g/mol. The number of ether oxygens (including phenoxy) is 3. The van der Waals surface area contributed by atoms with Crippen LogP contribution in [0.3, 0.4) is 0 Å². The molecule has 81 heavy (non-hydrogen) atoms. The first-order valence-electron chi connectivity index (χ1n) is 33.0. The largest absolute Gasteiger partial charge is 0.462 e. The molecule has 1 atom stereocenters. The quantitative estimate of drug-likeness (QED) is 0.0261. The Bertz CT molecular complexity index is 1810. The molecule has 0 heterocycles. The van der Waals surface area contributed by atoms with Crippen molar-refractivity contribution in [3.05, 3.63) is 158 Å². The van der Waals surface area contributed by atoms with Crippen molar-refractivity contribution >= 4 is 17.9 Å². The molecule has 1 unspecified atom stereocenters. The van der Waals surface area contributed by atoms with Crippen molar-refractivity contribution in [3.63, 3.8) is 0 Å². The molecule has 6 nitrogen and oxygen atoms in total. The molecule has 0 radical (unpaired) electrons. The Morgan fingerprint density at radius 3 is 0.790 bits per heavy atom. The van der Waals surface area contributed by atoms with Gasteiger partial charge in [-0.1, -0.05) is 269 Å². The number of allylic oxidation sites excluding steroid dienone is 26. The molecule has 456 valence electrons. The summed E-state index contributed by atoms with van der Waals surface area (Å²) in [6.07, 6.45) is 98.2. The summed E-state index contributed by atoms with van der Waals surface area (Å²) in [6.45, 7) is 6.36. The third kappa shape index (κ3) is 65.7. The van der Waals surface area contributed by atoms with Crippen LogP contribution in [0.25, 0.3) is 0 Å². The molecule has 0 aliphatic carbocycles. The molecule has 0 saturated carbocycles. The van der Waals surface area contributed by atoms with Gasteiger partial charge in [0.05, 0.1) is 0 Å². The first-order chi connectivity index (χ1) is 40.0. The van der Waals surface area contributed by atoms with E-state index in [1.807, 2.05) is 0 Å². The predicted octanol–water partition coefficient (Wildman–Crippen LogP) is 22.9. The minimum absolute atomic E-state index is 0.106. The zero-order chi connectivity index (χ0) is 58.5. The Labute approximate surface area is 499 Å². The third-order valence-corrected chi connectivity index (χ3v) is 13.5. The van der Waals surface area contributed by atoms with E-state index in [9.17, 15) is 14.4 Å². The Morgan fingerprint density at radius 2 is 0.481 bits per heavy atom. The average Bonchev–Trinajstić information content (AvgIpc) is 3.47. The summed E-state index contributed by atoms with van der Waals surface area (Å²) in [5.74, 6) is -0.968. The minimum Gasteiger partial charge on any atom is -0.462 e. The van der Waals surface area contributed by atoms with Crippen molar-refractivity contribution < 1.29 is 28.6 Å². The fraction of sp³-hybridized carbons (Fsp3) is 0.613. The highest BCUT2D eigenvalue weighted by Crippen LogP contribution is 2.14. The lowest BCUT2D eigenvalue weighted by Crippen LogP contribution is -2.30. The van der Waals surface area contributed by atoms with E-state index in [0.29, 0.717) is 25.7 Å². The summed E-state index contributed by atoms with van der Waals surface area (Å²) < 4.78 is 16.9. The van der Waals surface area contributed by atoms with Gasteiger partial charge in [-0.3, -0.25) is 14.4 Å². The Morgan fingerprint density at radius 1 is 0.259 bits per heavy atom. The summed E-state index contributed by atoms with van der Waals surface area (Å²) in [7, 11) is 0. The third-order valence-electron chi connectivity index (χ3n) is 13.5. The van der Waals surface area contributed by atoms with Crippen LogP contribution < -0.4 is 0 Å². The number of hydrogen-bond donors (Lipinski definition) is 0. The zero-order valence-corrected chi connectivity index (χ0v) is 52.2. The van der Waals surface area contributed by atoms with Gasteiger partial charge in [-0.25, -0.2) is 0 Å². The molecule has 0 amide bonds. The van der Waals surface area contributed by atoms with E-state index in [1.165, 1.54) is 89.9 Å². The second kappa shape index (κ2) is 67.5.